The Bertz CT molecular complexity index is 400. The fourth-order valence-electron chi connectivity index (χ4n) is 2.83. The third-order valence-electron chi connectivity index (χ3n) is 4.27. The molecule has 2 aliphatic rings. The standard InChI is InChI=1S/C16H28N3O3/c1-16(2,3)22-15(21)19-13-5-4-12(13)14(20)18-10-11-6-8-17-9-7-11/h11-13H,4-10H2,1-3H3,(H,18,20)(H,19,21). The molecule has 0 spiro atoms. The van der Waals surface area contributed by atoms with Crippen LogP contribution in [0.1, 0.15) is 46.5 Å². The Kier molecular flexibility index (Phi) is 5.67. The molecule has 22 heavy (non-hydrogen) atoms. The first-order valence-corrected chi connectivity index (χ1v) is 8.25. The monoisotopic (exact) mass is 310 g/mol. The predicted molar refractivity (Wildman–Crippen MR) is 83.5 cm³/mol. The number of nitrogens with one attached hydrogen (secondary N) is 2. The van der Waals surface area contributed by atoms with Gasteiger partial charge >= 0.3 is 6.09 Å². The Morgan fingerprint density at radius 2 is 1.82 bits per heavy atom. The van der Waals surface area contributed by atoms with Crippen molar-refractivity contribution in [1.29, 1.82) is 0 Å². The fourth-order valence-corrected chi connectivity index (χ4v) is 2.83. The molecule has 2 amide bonds. The van der Waals surface area contributed by atoms with Gasteiger partial charge in [0.2, 0.25) is 5.91 Å². The number of ether oxygens (including phenoxy) is 1. The Morgan fingerprint density at radius 3 is 2.36 bits per heavy atom. The second-order valence-electron chi connectivity index (χ2n) is 7.30. The van der Waals surface area contributed by atoms with E-state index in [0.29, 0.717) is 5.92 Å². The number of rotatable bonds is 4. The first-order valence-electron chi connectivity index (χ1n) is 8.25. The van der Waals surface area contributed by atoms with Crippen LogP contribution in [0.15, 0.2) is 0 Å². The molecule has 1 heterocycles. The van der Waals surface area contributed by atoms with E-state index >= 15 is 0 Å². The number of amides is 2. The molecule has 0 aromatic rings. The van der Waals surface area contributed by atoms with Gasteiger partial charge in [0.05, 0.1) is 5.92 Å². The summed E-state index contributed by atoms with van der Waals surface area (Å²) in [4.78, 5) is 24.0. The molecule has 1 radical (unpaired) electrons. The molecule has 1 aliphatic carbocycles. The van der Waals surface area contributed by atoms with Gasteiger partial charge in [-0.05, 0) is 52.4 Å². The van der Waals surface area contributed by atoms with E-state index < -0.39 is 11.7 Å². The number of carbonyl (C=O) groups is 2. The van der Waals surface area contributed by atoms with Gasteiger partial charge in [-0.15, -0.1) is 0 Å². The quantitative estimate of drug-likeness (QED) is 0.824. The Labute approximate surface area is 132 Å². The third kappa shape index (κ3) is 5.16. The summed E-state index contributed by atoms with van der Waals surface area (Å²) >= 11 is 0. The molecule has 2 rings (SSSR count). The molecule has 6 nitrogen and oxygen atoms in total. The molecule has 2 atom stereocenters. The van der Waals surface area contributed by atoms with E-state index in [-0.39, 0.29) is 17.9 Å². The molecule has 0 bridgehead atoms. The third-order valence-corrected chi connectivity index (χ3v) is 4.27. The summed E-state index contributed by atoms with van der Waals surface area (Å²) in [6.45, 7) is 8.03. The van der Waals surface area contributed by atoms with Crippen LogP contribution in [-0.4, -0.2) is 43.3 Å². The number of alkyl carbamates (subject to hydrolysis) is 1. The SMILES string of the molecule is CC(C)(C)OC(=O)NC1CCC1C(=O)NCC1CC[N]CC1. The van der Waals surface area contributed by atoms with E-state index in [4.69, 9.17) is 4.74 Å². The average molecular weight is 310 g/mol. The van der Waals surface area contributed by atoms with Crippen LogP contribution < -0.4 is 16.0 Å². The van der Waals surface area contributed by atoms with E-state index in [1.165, 1.54) is 0 Å². The molecule has 1 saturated carbocycles. The zero-order chi connectivity index (χ0) is 16.2. The van der Waals surface area contributed by atoms with Crippen LogP contribution in [0.4, 0.5) is 4.79 Å². The minimum Gasteiger partial charge on any atom is -0.444 e. The number of hydrogen-bond donors (Lipinski definition) is 2. The van der Waals surface area contributed by atoms with Crippen molar-refractivity contribution in [2.75, 3.05) is 19.6 Å². The summed E-state index contributed by atoms with van der Waals surface area (Å²) in [5.74, 6) is 0.467. The number of nitrogens with zero attached hydrogens (tertiary/aromatic N) is 1. The highest BCUT2D eigenvalue weighted by molar-refractivity contribution is 5.81. The van der Waals surface area contributed by atoms with Gasteiger partial charge in [-0.1, -0.05) is 0 Å². The number of hydrogen-bond acceptors (Lipinski definition) is 3. The Balaban J connectivity index is 1.70. The van der Waals surface area contributed by atoms with Crippen molar-refractivity contribution in [3.63, 3.8) is 0 Å². The van der Waals surface area contributed by atoms with E-state index in [1.807, 2.05) is 20.8 Å². The van der Waals surface area contributed by atoms with E-state index in [1.54, 1.807) is 0 Å². The summed E-state index contributed by atoms with van der Waals surface area (Å²) in [7, 11) is 0. The van der Waals surface area contributed by atoms with Gasteiger partial charge in [0.25, 0.3) is 0 Å². The van der Waals surface area contributed by atoms with Gasteiger partial charge in [0, 0.05) is 25.7 Å². The molecule has 1 aliphatic heterocycles. The van der Waals surface area contributed by atoms with Gasteiger partial charge < -0.3 is 15.4 Å². The summed E-state index contributed by atoms with van der Waals surface area (Å²) in [6, 6.07) is -0.101. The lowest BCUT2D eigenvalue weighted by atomic mass is 9.79. The topological polar surface area (TPSA) is 81.5 Å². The van der Waals surface area contributed by atoms with Crippen LogP contribution in [0.25, 0.3) is 0 Å². The van der Waals surface area contributed by atoms with E-state index in [2.05, 4.69) is 16.0 Å². The molecule has 0 aromatic heterocycles. The zero-order valence-electron chi connectivity index (χ0n) is 13.9. The maximum atomic E-state index is 12.2. The predicted octanol–water partition coefficient (Wildman–Crippen LogP) is 1.42. The molecule has 2 fully saturated rings. The van der Waals surface area contributed by atoms with E-state index in [9.17, 15) is 9.59 Å². The highest BCUT2D eigenvalue weighted by Gasteiger charge is 2.38. The van der Waals surface area contributed by atoms with Crippen LogP contribution in [0.5, 0.6) is 0 Å². The van der Waals surface area contributed by atoms with Crippen molar-refractivity contribution in [1.82, 2.24) is 16.0 Å². The Morgan fingerprint density at radius 1 is 1.14 bits per heavy atom. The van der Waals surface area contributed by atoms with Gasteiger partial charge in [0.15, 0.2) is 0 Å². The van der Waals surface area contributed by atoms with Crippen molar-refractivity contribution < 1.29 is 14.3 Å². The first-order chi connectivity index (χ1) is 10.3. The lowest BCUT2D eigenvalue weighted by Gasteiger charge is -2.36. The maximum absolute atomic E-state index is 12.2. The van der Waals surface area contributed by atoms with Crippen LogP contribution in [0, 0.1) is 11.8 Å². The second kappa shape index (κ2) is 7.31. The average Bonchev–Trinajstić information content (AvgIpc) is 2.41. The van der Waals surface area contributed by atoms with Crippen LogP contribution in [-0.2, 0) is 9.53 Å². The Hall–Kier alpha value is -1.30. The van der Waals surface area contributed by atoms with Crippen molar-refractivity contribution in [2.45, 2.75) is 58.1 Å². The molecule has 2 N–H and O–H groups in total. The molecular formula is C16H28N3O3. The van der Waals surface area contributed by atoms with Crippen LogP contribution >= 0.6 is 0 Å². The largest absolute Gasteiger partial charge is 0.444 e. The van der Waals surface area contributed by atoms with Crippen LogP contribution in [0.3, 0.4) is 0 Å². The van der Waals surface area contributed by atoms with Crippen molar-refractivity contribution in [3.8, 4) is 0 Å². The molecule has 6 heteroatoms. The lowest BCUT2D eigenvalue weighted by molar-refractivity contribution is -0.128. The summed E-state index contributed by atoms with van der Waals surface area (Å²) < 4.78 is 5.24. The number of carbonyl (C=O) groups excluding carboxylic acids is 2. The van der Waals surface area contributed by atoms with Gasteiger partial charge in [-0.25, -0.2) is 10.1 Å². The van der Waals surface area contributed by atoms with E-state index in [0.717, 1.165) is 45.3 Å². The lowest BCUT2D eigenvalue weighted by Crippen LogP contribution is -2.54. The van der Waals surface area contributed by atoms with Gasteiger partial charge in [-0.3, -0.25) is 4.79 Å². The number of piperidine rings is 1. The molecular weight excluding hydrogens is 282 g/mol. The molecule has 1 saturated heterocycles. The highest BCUT2D eigenvalue weighted by atomic mass is 16.6. The first kappa shape index (κ1) is 17.1. The molecule has 0 aromatic carbocycles. The van der Waals surface area contributed by atoms with Crippen LogP contribution in [0.2, 0.25) is 0 Å². The van der Waals surface area contributed by atoms with Crippen molar-refractivity contribution >= 4 is 12.0 Å². The summed E-state index contributed by atoms with van der Waals surface area (Å²) in [5, 5.41) is 10.2. The zero-order valence-corrected chi connectivity index (χ0v) is 13.9. The fraction of sp³-hybridized carbons (Fsp3) is 0.875. The normalized spacial score (nSPS) is 26.0. The second-order valence-corrected chi connectivity index (χ2v) is 7.30. The minimum absolute atomic E-state index is 0.0508. The summed E-state index contributed by atoms with van der Waals surface area (Å²) in [5.41, 5.74) is -0.516. The maximum Gasteiger partial charge on any atom is 0.407 e. The highest BCUT2D eigenvalue weighted by Crippen LogP contribution is 2.28. The van der Waals surface area contributed by atoms with Gasteiger partial charge in [0.1, 0.15) is 5.60 Å². The summed E-state index contributed by atoms with van der Waals surface area (Å²) in [6.07, 6.45) is 3.34. The molecule has 2 unspecified atom stereocenters. The smallest absolute Gasteiger partial charge is 0.407 e. The van der Waals surface area contributed by atoms with Crippen molar-refractivity contribution in [3.05, 3.63) is 0 Å². The van der Waals surface area contributed by atoms with Gasteiger partial charge in [-0.2, -0.15) is 0 Å². The van der Waals surface area contributed by atoms with Crippen molar-refractivity contribution in [2.24, 2.45) is 11.8 Å². The minimum atomic E-state index is -0.516. The molecule has 125 valence electrons.